The van der Waals surface area contributed by atoms with E-state index in [0.29, 0.717) is 57.5 Å². The molecule has 10 nitrogen and oxygen atoms in total. The van der Waals surface area contributed by atoms with Crippen molar-refractivity contribution in [3.8, 4) is 0 Å². The molecule has 2 fully saturated rings. The van der Waals surface area contributed by atoms with Crippen molar-refractivity contribution >= 4 is 50.5 Å². The first-order chi connectivity index (χ1) is 23.6. The Morgan fingerprint density at radius 1 is 0.902 bits per heavy atom. The summed E-state index contributed by atoms with van der Waals surface area (Å²) in [4.78, 5) is 34.9. The van der Waals surface area contributed by atoms with Crippen LogP contribution in [0, 0.1) is 5.41 Å². The van der Waals surface area contributed by atoms with Crippen LogP contribution in [0.1, 0.15) is 69.9 Å². The number of carbonyl (C=O) groups is 2. The van der Waals surface area contributed by atoms with Gasteiger partial charge in [-0.05, 0) is 81.3 Å². The smallest absolute Gasteiger partial charge is 0.410 e. The van der Waals surface area contributed by atoms with Crippen molar-refractivity contribution in [3.63, 3.8) is 0 Å². The highest BCUT2D eigenvalue weighted by atomic mass is 28.3. The Bertz CT molecular complexity index is 1600. The second-order valence-corrected chi connectivity index (χ2v) is 29.8. The van der Waals surface area contributed by atoms with Crippen molar-refractivity contribution in [2.75, 3.05) is 46.1 Å². The fourth-order valence-electron chi connectivity index (χ4n) is 6.30. The van der Waals surface area contributed by atoms with Crippen molar-refractivity contribution in [1.82, 2.24) is 14.4 Å². The molecule has 2 N–H and O–H groups in total. The number of allylic oxidation sites excluding steroid dienone is 1. The zero-order valence-electron chi connectivity index (χ0n) is 33.4. The summed E-state index contributed by atoms with van der Waals surface area (Å²) in [7, 11) is -2.48. The summed E-state index contributed by atoms with van der Waals surface area (Å²) < 4.78 is 20.0. The van der Waals surface area contributed by atoms with Gasteiger partial charge in [-0.2, -0.15) is 0 Å². The molecule has 12 heteroatoms. The fraction of sp³-hybridized carbons (Fsp3) is 0.667. The Kier molecular flexibility index (Phi) is 13.1. The lowest BCUT2D eigenvalue weighted by Gasteiger charge is -2.35. The molecule has 2 heterocycles. The van der Waals surface area contributed by atoms with Crippen LogP contribution in [0.25, 0.3) is 16.6 Å². The Hall–Kier alpha value is -2.94. The number of amides is 2. The van der Waals surface area contributed by atoms with Crippen molar-refractivity contribution in [1.29, 1.82) is 0 Å². The Morgan fingerprint density at radius 3 is 2.12 bits per heavy atom. The maximum absolute atomic E-state index is 13.8. The molecule has 1 saturated heterocycles. The first-order valence-corrected chi connectivity index (χ1v) is 26.1. The second kappa shape index (κ2) is 16.4. The van der Waals surface area contributed by atoms with Gasteiger partial charge >= 0.3 is 6.09 Å². The van der Waals surface area contributed by atoms with Crippen molar-refractivity contribution < 1.29 is 23.8 Å². The van der Waals surface area contributed by atoms with Gasteiger partial charge in [-0.3, -0.25) is 9.79 Å². The van der Waals surface area contributed by atoms with E-state index in [1.165, 1.54) is 0 Å². The maximum Gasteiger partial charge on any atom is 0.410 e. The molecule has 0 spiro atoms. The molecule has 4 rings (SSSR count). The first kappa shape index (κ1) is 40.8. The van der Waals surface area contributed by atoms with Crippen LogP contribution in [0.4, 0.5) is 4.79 Å². The number of aromatic nitrogens is 1. The Balaban J connectivity index is 1.63. The van der Waals surface area contributed by atoms with Gasteiger partial charge in [0.05, 0.1) is 16.9 Å². The van der Waals surface area contributed by atoms with Gasteiger partial charge in [-0.1, -0.05) is 59.2 Å². The minimum Gasteiger partial charge on any atom is -0.444 e. The third kappa shape index (κ3) is 12.0. The van der Waals surface area contributed by atoms with Gasteiger partial charge in [0, 0.05) is 72.2 Å². The molecular formula is C39H65N5O5Si2. The summed E-state index contributed by atoms with van der Waals surface area (Å²) >= 11 is 0. The third-order valence-corrected chi connectivity index (χ3v) is 13.0. The van der Waals surface area contributed by atoms with E-state index in [1.807, 2.05) is 43.9 Å². The number of carbonyl (C=O) groups excluding carboxylic acids is 2. The number of nitrogens with zero attached hydrogens (tertiary/aromatic N) is 4. The van der Waals surface area contributed by atoms with E-state index in [0.717, 1.165) is 65.8 Å². The van der Waals surface area contributed by atoms with Gasteiger partial charge in [0.15, 0.2) is 0 Å². The standard InChI is InChI=1S/C39H65N5O5Si2/c1-38(2,3)49-37(46)43-18-16-42(17-19-43)36(45)30-13-12-29-24-34(44(33(29)25-30)28-48-21-23-51(9,10)11)35(40)31-14-15-39(4,5)26-32(31)41-27-47-20-22-50(6,7)8/h12-13,24-25H,14-23,26-28,40H2,1-11H3. The summed E-state index contributed by atoms with van der Waals surface area (Å²) in [6.07, 6.45) is 2.36. The molecular weight excluding hydrogens is 675 g/mol. The molecule has 1 aromatic heterocycles. The molecule has 1 aliphatic carbocycles. The third-order valence-electron chi connectivity index (χ3n) is 9.58. The molecule has 51 heavy (non-hydrogen) atoms. The SMILES string of the molecule is CC1(C)CCC(=C(N)c2cc3ccc(C(=O)N4CCN(C(=O)OC(C)(C)C)CC4)cc3n2COCC[Si](C)(C)C)C(=NCOCC[Si](C)(C)C)C1. The molecule has 1 aromatic carbocycles. The van der Waals surface area contributed by atoms with Crippen LogP contribution >= 0.6 is 0 Å². The quantitative estimate of drug-likeness (QED) is 0.173. The summed E-state index contributed by atoms with van der Waals surface area (Å²) in [5, 5.41) is 0.998. The zero-order valence-corrected chi connectivity index (χ0v) is 35.4. The van der Waals surface area contributed by atoms with Crippen LogP contribution in [-0.4, -0.2) is 100.0 Å². The molecule has 0 unspecified atom stereocenters. The molecule has 0 bridgehead atoms. The monoisotopic (exact) mass is 739 g/mol. The highest BCUT2D eigenvalue weighted by molar-refractivity contribution is 6.76. The van der Waals surface area contributed by atoms with Crippen molar-refractivity contribution in [2.24, 2.45) is 16.1 Å². The van der Waals surface area contributed by atoms with E-state index in [-0.39, 0.29) is 17.4 Å². The highest BCUT2D eigenvalue weighted by Crippen LogP contribution is 2.39. The number of rotatable bonds is 12. The predicted octanol–water partition coefficient (Wildman–Crippen LogP) is 8.28. The van der Waals surface area contributed by atoms with E-state index < -0.39 is 21.7 Å². The minimum absolute atomic E-state index is 0.0564. The number of aliphatic imine (C=N–C) groups is 1. The number of benzene rings is 1. The van der Waals surface area contributed by atoms with Gasteiger partial charge in [0.2, 0.25) is 0 Å². The largest absolute Gasteiger partial charge is 0.444 e. The van der Waals surface area contributed by atoms with Gasteiger partial charge < -0.3 is 34.3 Å². The fourth-order valence-corrected chi connectivity index (χ4v) is 7.82. The van der Waals surface area contributed by atoms with Gasteiger partial charge in [-0.15, -0.1) is 0 Å². The zero-order chi connectivity index (χ0) is 37.8. The van der Waals surface area contributed by atoms with E-state index in [9.17, 15) is 9.59 Å². The molecule has 0 atom stereocenters. The van der Waals surface area contributed by atoms with Crippen LogP contribution in [0.3, 0.4) is 0 Å². The van der Waals surface area contributed by atoms with E-state index in [4.69, 9.17) is 24.9 Å². The summed E-state index contributed by atoms with van der Waals surface area (Å²) in [5.41, 5.74) is 11.9. The number of fused-ring (bicyclic) bond motifs is 1. The Labute approximate surface area is 308 Å². The normalized spacial score (nSPS) is 19.2. The highest BCUT2D eigenvalue weighted by Gasteiger charge is 2.32. The predicted molar refractivity (Wildman–Crippen MR) is 215 cm³/mol. The van der Waals surface area contributed by atoms with Crippen LogP contribution in [0.2, 0.25) is 51.4 Å². The van der Waals surface area contributed by atoms with Crippen LogP contribution < -0.4 is 5.73 Å². The summed E-state index contributed by atoms with van der Waals surface area (Å²) in [5.74, 6) is -0.0564. The van der Waals surface area contributed by atoms with E-state index >= 15 is 0 Å². The average Bonchev–Trinajstić information content (AvgIpc) is 3.38. The van der Waals surface area contributed by atoms with Gasteiger partial charge in [0.25, 0.3) is 5.91 Å². The molecule has 2 aromatic rings. The van der Waals surface area contributed by atoms with Gasteiger partial charge in [0.1, 0.15) is 19.1 Å². The number of ether oxygens (including phenoxy) is 3. The number of nitrogens with two attached hydrogens (primary N) is 1. The first-order valence-electron chi connectivity index (χ1n) is 18.7. The lowest BCUT2D eigenvalue weighted by molar-refractivity contribution is 0.0141. The van der Waals surface area contributed by atoms with Crippen LogP contribution in [-0.2, 0) is 20.9 Å². The molecule has 2 amide bonds. The van der Waals surface area contributed by atoms with Crippen LogP contribution in [0.5, 0.6) is 0 Å². The van der Waals surface area contributed by atoms with E-state index in [2.05, 4.69) is 63.8 Å². The molecule has 2 aliphatic rings. The number of hydrogen-bond donors (Lipinski definition) is 1. The van der Waals surface area contributed by atoms with Crippen molar-refractivity contribution in [3.05, 3.63) is 41.1 Å². The van der Waals surface area contributed by atoms with Gasteiger partial charge in [-0.25, -0.2) is 4.79 Å². The molecule has 284 valence electrons. The lowest BCUT2D eigenvalue weighted by Crippen LogP contribution is -2.51. The number of piperazine rings is 1. The minimum atomic E-state index is -1.29. The molecule has 1 saturated carbocycles. The van der Waals surface area contributed by atoms with Crippen LogP contribution in [0.15, 0.2) is 34.8 Å². The number of hydrogen-bond acceptors (Lipinski definition) is 7. The van der Waals surface area contributed by atoms with Crippen molar-refractivity contribution in [2.45, 2.75) is 118 Å². The molecule has 0 radical (unpaired) electrons. The Morgan fingerprint density at radius 2 is 1.51 bits per heavy atom. The summed E-state index contributed by atoms with van der Waals surface area (Å²) in [6, 6.07) is 10.1. The lowest BCUT2D eigenvalue weighted by atomic mass is 9.73. The van der Waals surface area contributed by atoms with E-state index in [1.54, 1.807) is 4.90 Å². The second-order valence-electron chi connectivity index (χ2n) is 18.5. The summed E-state index contributed by atoms with van der Waals surface area (Å²) in [6.45, 7) is 28.1. The molecule has 1 aliphatic heterocycles. The topological polar surface area (TPSA) is 112 Å². The average molecular weight is 740 g/mol. The maximum atomic E-state index is 13.8.